The van der Waals surface area contributed by atoms with Gasteiger partial charge in [-0.2, -0.15) is 0 Å². The first-order chi connectivity index (χ1) is 17.2. The van der Waals surface area contributed by atoms with E-state index in [4.69, 9.17) is 14.5 Å². The number of rotatable bonds is 13. The zero-order valence-corrected chi connectivity index (χ0v) is 22.4. The van der Waals surface area contributed by atoms with Gasteiger partial charge in [0.2, 0.25) is 0 Å². The smallest absolute Gasteiger partial charge is 0.125 e. The van der Waals surface area contributed by atoms with Gasteiger partial charge in [-0.15, -0.1) is 23.1 Å². The van der Waals surface area contributed by atoms with Crippen LogP contribution in [0.3, 0.4) is 0 Å². The highest BCUT2D eigenvalue weighted by atomic mass is 32.2. The van der Waals surface area contributed by atoms with Crippen LogP contribution in [-0.2, 0) is 16.4 Å². The number of hydrogen-bond acceptors (Lipinski definition) is 7. The number of thioether (sulfide) groups is 1. The van der Waals surface area contributed by atoms with Gasteiger partial charge >= 0.3 is 0 Å². The molecular formula is C28H36N2O3S2. The third-order valence-electron chi connectivity index (χ3n) is 6.47. The standard InChI is InChI=1S/C28H36N2O3S2/c1-22-28(35-21-29-22)24-10-11-25(20-33-31-2)27(18-24)32-19-23-12-15-30(16-13-23)14-6-7-17-34-26-8-4-3-5-9-26/h3-5,8-11,18,21,23H,6-7,12-17,19-20H2,1-2H3. The molecule has 0 bridgehead atoms. The number of benzene rings is 2. The number of likely N-dealkylation sites (tertiary alicyclic amines) is 1. The van der Waals surface area contributed by atoms with E-state index in [-0.39, 0.29) is 0 Å². The molecule has 35 heavy (non-hydrogen) atoms. The van der Waals surface area contributed by atoms with E-state index in [1.54, 1.807) is 11.3 Å². The van der Waals surface area contributed by atoms with Crippen molar-refractivity contribution in [2.45, 2.75) is 44.1 Å². The Labute approximate surface area is 217 Å². The Kier molecular flexibility index (Phi) is 10.5. The Morgan fingerprint density at radius 2 is 1.91 bits per heavy atom. The van der Waals surface area contributed by atoms with Crippen molar-refractivity contribution in [1.82, 2.24) is 9.88 Å². The Morgan fingerprint density at radius 1 is 1.09 bits per heavy atom. The summed E-state index contributed by atoms with van der Waals surface area (Å²) in [6.07, 6.45) is 4.92. The maximum Gasteiger partial charge on any atom is 0.125 e. The number of piperidine rings is 1. The molecule has 188 valence electrons. The van der Waals surface area contributed by atoms with E-state index in [1.807, 2.05) is 24.2 Å². The third-order valence-corrected chi connectivity index (χ3v) is 8.55. The summed E-state index contributed by atoms with van der Waals surface area (Å²) >= 11 is 3.62. The van der Waals surface area contributed by atoms with Gasteiger partial charge in [0, 0.05) is 10.5 Å². The van der Waals surface area contributed by atoms with Crippen LogP contribution in [0.4, 0.5) is 0 Å². The number of ether oxygens (including phenoxy) is 1. The molecule has 0 saturated carbocycles. The van der Waals surface area contributed by atoms with Gasteiger partial charge in [0.15, 0.2) is 0 Å². The zero-order valence-electron chi connectivity index (χ0n) is 20.8. The minimum Gasteiger partial charge on any atom is -0.493 e. The molecule has 1 aliphatic rings. The van der Waals surface area contributed by atoms with Crippen LogP contribution >= 0.6 is 23.1 Å². The number of nitrogens with zero attached hydrogens (tertiary/aromatic N) is 2. The predicted molar refractivity (Wildman–Crippen MR) is 145 cm³/mol. The fraction of sp³-hybridized carbons (Fsp3) is 0.464. The lowest BCUT2D eigenvalue weighted by Gasteiger charge is -2.32. The lowest BCUT2D eigenvalue weighted by Crippen LogP contribution is -2.36. The van der Waals surface area contributed by atoms with Crippen molar-refractivity contribution >= 4 is 23.1 Å². The van der Waals surface area contributed by atoms with Crippen molar-refractivity contribution in [2.24, 2.45) is 5.92 Å². The normalized spacial score (nSPS) is 14.9. The molecule has 0 spiro atoms. The second-order valence-electron chi connectivity index (χ2n) is 8.98. The Hall–Kier alpha value is -1.90. The van der Waals surface area contributed by atoms with E-state index >= 15 is 0 Å². The summed E-state index contributed by atoms with van der Waals surface area (Å²) in [5.41, 5.74) is 5.08. The van der Waals surface area contributed by atoms with Crippen LogP contribution in [-0.4, -0.2) is 49.0 Å². The molecule has 1 aliphatic heterocycles. The average Bonchev–Trinajstić information content (AvgIpc) is 3.33. The third kappa shape index (κ3) is 8.05. The number of aryl methyl sites for hydroxylation is 1. The molecule has 5 nitrogen and oxygen atoms in total. The lowest BCUT2D eigenvalue weighted by atomic mass is 9.97. The molecule has 0 radical (unpaired) electrons. The first kappa shape index (κ1) is 26.2. The fourth-order valence-electron chi connectivity index (χ4n) is 4.38. The van der Waals surface area contributed by atoms with Crippen molar-refractivity contribution in [3.05, 3.63) is 65.3 Å². The molecular weight excluding hydrogens is 476 g/mol. The predicted octanol–water partition coefficient (Wildman–Crippen LogP) is 6.86. The largest absolute Gasteiger partial charge is 0.493 e. The van der Waals surface area contributed by atoms with Crippen molar-refractivity contribution in [3.8, 4) is 16.2 Å². The van der Waals surface area contributed by atoms with Crippen molar-refractivity contribution in [3.63, 3.8) is 0 Å². The summed E-state index contributed by atoms with van der Waals surface area (Å²) in [7, 11) is 1.53. The van der Waals surface area contributed by atoms with E-state index in [0.717, 1.165) is 29.2 Å². The van der Waals surface area contributed by atoms with E-state index in [1.165, 1.54) is 68.0 Å². The SMILES string of the molecule is COOCc1ccc(-c2scnc2C)cc1OCC1CCN(CCCCSc2ccccc2)CC1. The Bertz CT molecular complexity index is 1020. The highest BCUT2D eigenvalue weighted by Gasteiger charge is 2.20. The van der Waals surface area contributed by atoms with Gasteiger partial charge < -0.3 is 9.64 Å². The van der Waals surface area contributed by atoms with Crippen LogP contribution in [0.25, 0.3) is 10.4 Å². The first-order valence-corrected chi connectivity index (χ1v) is 14.3. The second kappa shape index (κ2) is 14.0. The summed E-state index contributed by atoms with van der Waals surface area (Å²) in [4.78, 5) is 19.6. The molecule has 3 aromatic rings. The quantitative estimate of drug-likeness (QED) is 0.108. The topological polar surface area (TPSA) is 43.8 Å². The molecule has 1 aromatic heterocycles. The molecule has 0 N–H and O–H groups in total. The molecule has 2 heterocycles. The van der Waals surface area contributed by atoms with Crippen molar-refractivity contribution in [2.75, 3.05) is 39.1 Å². The van der Waals surface area contributed by atoms with Gasteiger partial charge in [-0.3, -0.25) is 0 Å². The minimum atomic E-state index is 0.370. The lowest BCUT2D eigenvalue weighted by molar-refractivity contribution is -0.282. The van der Waals surface area contributed by atoms with E-state index < -0.39 is 0 Å². The molecule has 7 heteroatoms. The monoisotopic (exact) mass is 512 g/mol. The van der Waals surface area contributed by atoms with Crippen LogP contribution in [0, 0.1) is 12.8 Å². The van der Waals surface area contributed by atoms with Crippen LogP contribution < -0.4 is 4.74 Å². The summed E-state index contributed by atoms with van der Waals surface area (Å²) < 4.78 is 6.37. The van der Waals surface area contributed by atoms with Gasteiger partial charge in [0.05, 0.1) is 29.8 Å². The average molecular weight is 513 g/mol. The number of unbranched alkanes of at least 4 members (excludes halogenated alkanes) is 1. The van der Waals surface area contributed by atoms with Crippen LogP contribution in [0.1, 0.15) is 36.9 Å². The number of thiazole rings is 1. The van der Waals surface area contributed by atoms with E-state index in [0.29, 0.717) is 12.5 Å². The summed E-state index contributed by atoms with van der Waals surface area (Å²) in [6.45, 7) is 6.70. The first-order valence-electron chi connectivity index (χ1n) is 12.4. The van der Waals surface area contributed by atoms with Crippen LogP contribution in [0.2, 0.25) is 0 Å². The van der Waals surface area contributed by atoms with Gasteiger partial charge in [-0.1, -0.05) is 30.3 Å². The number of hydrogen-bond donors (Lipinski definition) is 0. The summed E-state index contributed by atoms with van der Waals surface area (Å²) in [6, 6.07) is 17.0. The maximum absolute atomic E-state index is 6.37. The minimum absolute atomic E-state index is 0.370. The Balaban J connectivity index is 1.21. The highest BCUT2D eigenvalue weighted by Crippen LogP contribution is 2.33. The summed E-state index contributed by atoms with van der Waals surface area (Å²) in [5, 5.41) is 0. The van der Waals surface area contributed by atoms with Crippen molar-refractivity contribution in [1.29, 1.82) is 0 Å². The number of aromatic nitrogens is 1. The zero-order chi connectivity index (χ0) is 24.3. The molecule has 1 fully saturated rings. The van der Waals surface area contributed by atoms with E-state index in [2.05, 4.69) is 58.4 Å². The van der Waals surface area contributed by atoms with Gasteiger partial charge in [0.1, 0.15) is 12.4 Å². The molecule has 1 saturated heterocycles. The van der Waals surface area contributed by atoms with Gasteiger partial charge in [0.25, 0.3) is 0 Å². The maximum atomic E-state index is 6.37. The van der Waals surface area contributed by atoms with Crippen LogP contribution in [0.15, 0.2) is 58.9 Å². The van der Waals surface area contributed by atoms with Crippen LogP contribution in [0.5, 0.6) is 5.75 Å². The van der Waals surface area contributed by atoms with Gasteiger partial charge in [-0.05, 0) is 87.7 Å². The summed E-state index contributed by atoms with van der Waals surface area (Å²) in [5.74, 6) is 2.67. The molecule has 0 unspecified atom stereocenters. The fourth-order valence-corrected chi connectivity index (χ4v) is 6.12. The van der Waals surface area contributed by atoms with E-state index in [9.17, 15) is 0 Å². The molecule has 0 aliphatic carbocycles. The Morgan fingerprint density at radius 3 is 2.66 bits per heavy atom. The molecule has 0 amide bonds. The second-order valence-corrected chi connectivity index (χ2v) is 11.0. The van der Waals surface area contributed by atoms with Gasteiger partial charge in [-0.25, -0.2) is 14.8 Å². The molecule has 2 aromatic carbocycles. The molecule has 4 rings (SSSR count). The molecule has 0 atom stereocenters. The highest BCUT2D eigenvalue weighted by molar-refractivity contribution is 7.99. The van der Waals surface area contributed by atoms with Crippen molar-refractivity contribution < 1.29 is 14.5 Å².